The molecule has 0 atom stereocenters. The molecule has 0 spiro atoms. The average Bonchev–Trinajstić information content (AvgIpc) is 3.26. The number of nitrogens with zero attached hydrogens (tertiary/aromatic N) is 1. The third-order valence-corrected chi connectivity index (χ3v) is 5.18. The number of halogens is 1. The van der Waals surface area contributed by atoms with Crippen molar-refractivity contribution >= 4 is 45.6 Å². The molecule has 2 aromatic carbocycles. The van der Waals surface area contributed by atoms with E-state index in [1.165, 1.54) is 31.6 Å². The summed E-state index contributed by atoms with van der Waals surface area (Å²) in [5.74, 6) is -0.484. The van der Waals surface area contributed by atoms with Gasteiger partial charge in [-0.05, 0) is 11.6 Å². The van der Waals surface area contributed by atoms with Gasteiger partial charge in [0.2, 0.25) is 0 Å². The number of benzene rings is 2. The van der Waals surface area contributed by atoms with Crippen molar-refractivity contribution in [1.82, 2.24) is 4.98 Å². The van der Waals surface area contributed by atoms with Crippen LogP contribution >= 0.6 is 22.9 Å². The Morgan fingerprint density at radius 2 is 1.84 bits per heavy atom. The second-order valence-corrected chi connectivity index (χ2v) is 7.45. The molecule has 0 radical (unpaired) electrons. The Kier molecular flexibility index (Phi) is 7.69. The van der Waals surface area contributed by atoms with Crippen molar-refractivity contribution in [2.75, 3.05) is 31.5 Å². The average molecular weight is 462 g/mol. The number of carbonyl (C=O) groups is 2. The molecule has 162 valence electrons. The van der Waals surface area contributed by atoms with Gasteiger partial charge < -0.3 is 24.8 Å². The number of esters is 1. The first-order valence-electron chi connectivity index (χ1n) is 9.12. The van der Waals surface area contributed by atoms with E-state index in [-0.39, 0.29) is 5.69 Å². The summed E-state index contributed by atoms with van der Waals surface area (Å²) in [6.07, 6.45) is 0. The first-order chi connectivity index (χ1) is 15.0. The van der Waals surface area contributed by atoms with Crippen LogP contribution in [0.15, 0.2) is 47.8 Å². The smallest absolute Gasteiger partial charge is 0.358 e. The van der Waals surface area contributed by atoms with E-state index >= 15 is 0 Å². The van der Waals surface area contributed by atoms with Crippen LogP contribution < -0.4 is 20.1 Å². The van der Waals surface area contributed by atoms with Gasteiger partial charge in [-0.15, -0.1) is 11.3 Å². The van der Waals surface area contributed by atoms with Gasteiger partial charge in [0.05, 0.1) is 24.9 Å². The number of hydrogen-bond donors (Lipinski definition) is 2. The van der Waals surface area contributed by atoms with Crippen LogP contribution in [0.3, 0.4) is 0 Å². The van der Waals surface area contributed by atoms with Crippen molar-refractivity contribution in [3.05, 3.63) is 64.1 Å². The third-order valence-electron chi connectivity index (χ3n) is 4.08. The number of methoxy groups -OCH3 is 2. The van der Waals surface area contributed by atoms with Crippen molar-refractivity contribution < 1.29 is 23.8 Å². The van der Waals surface area contributed by atoms with E-state index in [0.29, 0.717) is 33.9 Å². The van der Waals surface area contributed by atoms with E-state index in [1.807, 2.05) is 30.3 Å². The lowest BCUT2D eigenvalue weighted by Gasteiger charge is -2.13. The Balaban J connectivity index is 1.52. The highest BCUT2D eigenvalue weighted by Crippen LogP contribution is 2.35. The SMILES string of the molecule is COc1cc(OC)c(NC(=O)COC(=O)c2csc(NCc3ccccc3)n2)cc1Cl. The molecule has 1 aromatic heterocycles. The minimum atomic E-state index is -0.695. The topological polar surface area (TPSA) is 98.8 Å². The highest BCUT2D eigenvalue weighted by atomic mass is 35.5. The minimum absolute atomic E-state index is 0.124. The fourth-order valence-corrected chi connectivity index (χ4v) is 3.49. The molecule has 0 saturated heterocycles. The minimum Gasteiger partial charge on any atom is -0.495 e. The first-order valence-corrected chi connectivity index (χ1v) is 10.4. The molecule has 8 nitrogen and oxygen atoms in total. The van der Waals surface area contributed by atoms with Crippen LogP contribution in [0.5, 0.6) is 11.5 Å². The zero-order chi connectivity index (χ0) is 22.2. The van der Waals surface area contributed by atoms with Gasteiger partial charge in [0.15, 0.2) is 17.4 Å². The normalized spacial score (nSPS) is 10.3. The lowest BCUT2D eigenvalue weighted by Crippen LogP contribution is -2.21. The Bertz CT molecular complexity index is 1060. The van der Waals surface area contributed by atoms with Crippen LogP contribution in [-0.2, 0) is 16.1 Å². The molecular formula is C21H20ClN3O5S. The standard InChI is InChI=1S/C21H20ClN3O5S/c1-28-17-9-18(29-2)15(8-14(17)22)24-19(26)11-30-20(27)16-12-31-21(25-16)23-10-13-6-4-3-5-7-13/h3-9,12H,10-11H2,1-2H3,(H,23,25)(H,24,26). The number of amides is 1. The van der Waals surface area contributed by atoms with Gasteiger partial charge in [0.1, 0.15) is 11.5 Å². The van der Waals surface area contributed by atoms with E-state index in [1.54, 1.807) is 11.4 Å². The maximum absolute atomic E-state index is 12.2. The number of carbonyl (C=O) groups excluding carboxylic acids is 2. The van der Waals surface area contributed by atoms with Gasteiger partial charge in [-0.2, -0.15) is 0 Å². The zero-order valence-corrected chi connectivity index (χ0v) is 18.4. The molecule has 1 heterocycles. The van der Waals surface area contributed by atoms with E-state index in [9.17, 15) is 9.59 Å². The van der Waals surface area contributed by atoms with E-state index in [2.05, 4.69) is 15.6 Å². The van der Waals surface area contributed by atoms with Crippen molar-refractivity contribution in [2.45, 2.75) is 6.54 Å². The first kappa shape index (κ1) is 22.4. The number of aromatic nitrogens is 1. The van der Waals surface area contributed by atoms with Gasteiger partial charge in [-0.1, -0.05) is 41.9 Å². The van der Waals surface area contributed by atoms with Crippen molar-refractivity contribution in [3.8, 4) is 11.5 Å². The molecule has 3 aromatic rings. The summed E-state index contributed by atoms with van der Waals surface area (Å²) < 4.78 is 15.4. The molecule has 0 aliphatic carbocycles. The predicted molar refractivity (Wildman–Crippen MR) is 119 cm³/mol. The third kappa shape index (κ3) is 6.09. The van der Waals surface area contributed by atoms with Crippen molar-refractivity contribution in [3.63, 3.8) is 0 Å². The lowest BCUT2D eigenvalue weighted by atomic mass is 10.2. The van der Waals surface area contributed by atoms with Crippen LogP contribution in [-0.4, -0.2) is 37.7 Å². The summed E-state index contributed by atoms with van der Waals surface area (Å²) >= 11 is 7.36. The summed E-state index contributed by atoms with van der Waals surface area (Å²) in [5.41, 5.74) is 1.54. The van der Waals surface area contributed by atoms with Crippen molar-refractivity contribution in [2.24, 2.45) is 0 Å². The molecule has 10 heteroatoms. The van der Waals surface area contributed by atoms with Gasteiger partial charge in [0.25, 0.3) is 5.91 Å². The molecule has 3 rings (SSSR count). The van der Waals surface area contributed by atoms with Gasteiger partial charge >= 0.3 is 5.97 Å². The summed E-state index contributed by atoms with van der Waals surface area (Å²) in [7, 11) is 2.92. The summed E-state index contributed by atoms with van der Waals surface area (Å²) in [4.78, 5) is 28.6. The Morgan fingerprint density at radius 3 is 2.55 bits per heavy atom. The zero-order valence-electron chi connectivity index (χ0n) is 16.8. The summed E-state index contributed by atoms with van der Waals surface area (Å²) in [6, 6.07) is 12.8. The lowest BCUT2D eigenvalue weighted by molar-refractivity contribution is -0.119. The Hall–Kier alpha value is -3.30. The second kappa shape index (κ2) is 10.6. The highest BCUT2D eigenvalue weighted by molar-refractivity contribution is 7.13. The monoisotopic (exact) mass is 461 g/mol. The largest absolute Gasteiger partial charge is 0.495 e. The molecule has 0 fully saturated rings. The number of hydrogen-bond acceptors (Lipinski definition) is 8. The van der Waals surface area contributed by atoms with Crippen LogP contribution in [0.2, 0.25) is 5.02 Å². The van der Waals surface area contributed by atoms with Gasteiger partial charge in [-0.25, -0.2) is 9.78 Å². The molecule has 0 bridgehead atoms. The summed E-state index contributed by atoms with van der Waals surface area (Å²) in [5, 5.41) is 8.19. The molecule has 0 aliphatic rings. The van der Waals surface area contributed by atoms with Crippen molar-refractivity contribution in [1.29, 1.82) is 0 Å². The molecule has 1 amide bonds. The van der Waals surface area contributed by atoms with Crippen LogP contribution in [0.25, 0.3) is 0 Å². The second-order valence-electron chi connectivity index (χ2n) is 6.19. The maximum Gasteiger partial charge on any atom is 0.358 e. The molecule has 0 unspecified atom stereocenters. The maximum atomic E-state index is 12.2. The van der Waals surface area contributed by atoms with Crippen LogP contribution in [0.1, 0.15) is 16.1 Å². The number of ether oxygens (including phenoxy) is 3. The molecule has 2 N–H and O–H groups in total. The summed E-state index contributed by atoms with van der Waals surface area (Å²) in [6.45, 7) is 0.0907. The van der Waals surface area contributed by atoms with Gasteiger partial charge in [-0.3, -0.25) is 4.79 Å². The number of nitrogens with one attached hydrogen (secondary N) is 2. The van der Waals surface area contributed by atoms with E-state index in [4.69, 9.17) is 25.8 Å². The molecule has 31 heavy (non-hydrogen) atoms. The number of thiazole rings is 1. The predicted octanol–water partition coefficient (Wildman–Crippen LogP) is 4.22. The Labute approximate surface area is 188 Å². The van der Waals surface area contributed by atoms with Crippen LogP contribution in [0.4, 0.5) is 10.8 Å². The quantitative estimate of drug-likeness (QED) is 0.460. The fourth-order valence-electron chi connectivity index (χ4n) is 2.57. The van der Waals surface area contributed by atoms with E-state index in [0.717, 1.165) is 5.56 Å². The molecule has 0 saturated carbocycles. The highest BCUT2D eigenvalue weighted by Gasteiger charge is 2.16. The number of rotatable bonds is 9. The molecular weight excluding hydrogens is 442 g/mol. The number of anilines is 2. The Morgan fingerprint density at radius 1 is 1.10 bits per heavy atom. The van der Waals surface area contributed by atoms with Crippen LogP contribution in [0, 0.1) is 0 Å². The molecule has 0 aliphatic heterocycles. The van der Waals surface area contributed by atoms with E-state index < -0.39 is 18.5 Å². The van der Waals surface area contributed by atoms with Gasteiger partial charge in [0, 0.05) is 18.0 Å². The fraction of sp³-hybridized carbons (Fsp3) is 0.190.